The molecular formula is C19H27NO5. The van der Waals surface area contributed by atoms with Crippen molar-refractivity contribution in [1.82, 2.24) is 4.90 Å². The Hall–Kier alpha value is -1.79. The van der Waals surface area contributed by atoms with Crippen LogP contribution in [0.1, 0.15) is 36.0 Å². The second-order valence-electron chi connectivity index (χ2n) is 6.65. The van der Waals surface area contributed by atoms with Crippen molar-refractivity contribution >= 4 is 5.91 Å². The van der Waals surface area contributed by atoms with Crippen molar-refractivity contribution in [3.05, 3.63) is 23.8 Å². The highest BCUT2D eigenvalue weighted by Crippen LogP contribution is 2.33. The summed E-state index contributed by atoms with van der Waals surface area (Å²) in [4.78, 5) is 14.6. The number of carbonyl (C=O) groups is 1. The van der Waals surface area contributed by atoms with Gasteiger partial charge in [-0.2, -0.15) is 0 Å². The molecule has 6 nitrogen and oxygen atoms in total. The third kappa shape index (κ3) is 3.90. The predicted octanol–water partition coefficient (Wildman–Crippen LogP) is 2.50. The van der Waals surface area contributed by atoms with Gasteiger partial charge in [-0.05, 0) is 43.9 Å². The van der Waals surface area contributed by atoms with Crippen LogP contribution in [0.25, 0.3) is 0 Å². The minimum atomic E-state index is -0.0965. The highest BCUT2D eigenvalue weighted by Gasteiger charge is 2.36. The van der Waals surface area contributed by atoms with E-state index in [1.807, 2.05) is 6.07 Å². The van der Waals surface area contributed by atoms with Crippen molar-refractivity contribution in [1.29, 1.82) is 0 Å². The summed E-state index contributed by atoms with van der Waals surface area (Å²) in [5.41, 5.74) is 0.585. The van der Waals surface area contributed by atoms with Crippen LogP contribution < -0.4 is 9.47 Å². The third-order valence-corrected chi connectivity index (χ3v) is 5.11. The van der Waals surface area contributed by atoms with Crippen LogP contribution in [-0.4, -0.2) is 63.5 Å². The van der Waals surface area contributed by atoms with Crippen LogP contribution >= 0.6 is 0 Å². The summed E-state index contributed by atoms with van der Waals surface area (Å²) < 4.78 is 22.3. The monoisotopic (exact) mass is 349 g/mol. The fraction of sp³-hybridized carbons (Fsp3) is 0.632. The summed E-state index contributed by atoms with van der Waals surface area (Å²) in [6, 6.07) is 5.40. The van der Waals surface area contributed by atoms with E-state index in [2.05, 4.69) is 0 Å². The Morgan fingerprint density at radius 2 is 1.64 bits per heavy atom. The number of methoxy groups -OCH3 is 3. The number of nitrogens with zero attached hydrogens (tertiary/aromatic N) is 1. The minimum absolute atomic E-state index is 0.0488. The fourth-order valence-electron chi connectivity index (χ4n) is 3.63. The molecule has 1 aliphatic heterocycles. The summed E-state index contributed by atoms with van der Waals surface area (Å²) in [7, 11) is 4.88. The van der Waals surface area contributed by atoms with Gasteiger partial charge in [-0.1, -0.05) is 0 Å². The van der Waals surface area contributed by atoms with Gasteiger partial charge in [0.1, 0.15) is 12.2 Å². The summed E-state index contributed by atoms with van der Waals surface area (Å²) in [6.45, 7) is 1.05. The second-order valence-corrected chi connectivity index (χ2v) is 6.65. The molecule has 1 amide bonds. The zero-order chi connectivity index (χ0) is 17.8. The van der Waals surface area contributed by atoms with E-state index in [0.29, 0.717) is 30.2 Å². The van der Waals surface area contributed by atoms with Gasteiger partial charge >= 0.3 is 0 Å². The van der Waals surface area contributed by atoms with Crippen LogP contribution in [0.15, 0.2) is 18.2 Å². The van der Waals surface area contributed by atoms with Crippen molar-refractivity contribution in [3.63, 3.8) is 0 Å². The molecule has 1 heterocycles. The summed E-state index contributed by atoms with van der Waals surface area (Å²) in [5.74, 6) is 1.26. The first-order valence-electron chi connectivity index (χ1n) is 8.85. The molecule has 0 unspecified atom stereocenters. The quantitative estimate of drug-likeness (QED) is 0.790. The molecule has 0 N–H and O–H groups in total. The van der Waals surface area contributed by atoms with Gasteiger partial charge in [-0.25, -0.2) is 0 Å². The number of amides is 1. The van der Waals surface area contributed by atoms with Gasteiger partial charge in [-0.15, -0.1) is 0 Å². The Morgan fingerprint density at radius 1 is 1.00 bits per heavy atom. The Bertz CT molecular complexity index is 587. The zero-order valence-corrected chi connectivity index (χ0v) is 15.2. The van der Waals surface area contributed by atoms with Gasteiger partial charge < -0.3 is 23.8 Å². The lowest BCUT2D eigenvalue weighted by atomic mass is 10.1. The molecule has 138 valence electrons. The van der Waals surface area contributed by atoms with E-state index in [1.54, 1.807) is 38.4 Å². The first kappa shape index (κ1) is 18.0. The number of likely N-dealkylation sites (tertiary alicyclic amines) is 1. The van der Waals surface area contributed by atoms with Crippen molar-refractivity contribution in [2.24, 2.45) is 0 Å². The van der Waals surface area contributed by atoms with Crippen LogP contribution in [0.2, 0.25) is 0 Å². The van der Waals surface area contributed by atoms with E-state index in [9.17, 15) is 4.79 Å². The number of benzene rings is 1. The highest BCUT2D eigenvalue weighted by molar-refractivity contribution is 5.95. The molecule has 1 aromatic rings. The molecule has 0 bridgehead atoms. The molecule has 25 heavy (non-hydrogen) atoms. The van der Waals surface area contributed by atoms with E-state index >= 15 is 0 Å². The maximum absolute atomic E-state index is 12.8. The van der Waals surface area contributed by atoms with Gasteiger partial charge in [0.15, 0.2) is 11.5 Å². The van der Waals surface area contributed by atoms with Crippen LogP contribution in [0.3, 0.4) is 0 Å². The average molecular weight is 349 g/mol. The normalized spacial score (nSPS) is 23.9. The second kappa shape index (κ2) is 8.06. The van der Waals surface area contributed by atoms with Gasteiger partial charge in [0.05, 0.1) is 13.2 Å². The molecule has 2 aliphatic rings. The molecular weight excluding hydrogens is 322 g/mol. The van der Waals surface area contributed by atoms with Gasteiger partial charge in [0.25, 0.3) is 5.91 Å². The first-order valence-corrected chi connectivity index (χ1v) is 8.85. The minimum Gasteiger partial charge on any atom is -0.493 e. The van der Waals surface area contributed by atoms with Crippen molar-refractivity contribution in [3.8, 4) is 11.5 Å². The van der Waals surface area contributed by atoms with E-state index in [4.69, 9.17) is 18.9 Å². The number of ether oxygens (including phenoxy) is 4. The smallest absolute Gasteiger partial charge is 0.254 e. The van der Waals surface area contributed by atoms with Crippen molar-refractivity contribution in [2.75, 3.05) is 34.4 Å². The highest BCUT2D eigenvalue weighted by atomic mass is 16.5. The maximum Gasteiger partial charge on any atom is 0.254 e. The molecule has 0 aromatic heterocycles. The Morgan fingerprint density at radius 3 is 2.20 bits per heavy atom. The first-order chi connectivity index (χ1) is 12.2. The van der Waals surface area contributed by atoms with Crippen molar-refractivity contribution < 1.29 is 23.7 Å². The Balaban J connectivity index is 1.72. The molecule has 2 fully saturated rings. The molecule has 1 aliphatic carbocycles. The molecule has 1 saturated heterocycles. The summed E-state index contributed by atoms with van der Waals surface area (Å²) in [6.07, 6.45) is 4.63. The van der Waals surface area contributed by atoms with Gasteiger partial charge in [-0.3, -0.25) is 4.79 Å². The van der Waals surface area contributed by atoms with E-state index < -0.39 is 0 Å². The molecule has 2 atom stereocenters. The number of hydrogen-bond acceptors (Lipinski definition) is 5. The largest absolute Gasteiger partial charge is 0.493 e. The molecule has 1 aromatic carbocycles. The third-order valence-electron chi connectivity index (χ3n) is 5.11. The maximum atomic E-state index is 12.8. The summed E-state index contributed by atoms with van der Waals surface area (Å²) >= 11 is 0. The number of hydrogen-bond donors (Lipinski definition) is 0. The average Bonchev–Trinajstić information content (AvgIpc) is 3.30. The van der Waals surface area contributed by atoms with Crippen LogP contribution in [-0.2, 0) is 9.47 Å². The summed E-state index contributed by atoms with van der Waals surface area (Å²) in [5, 5.41) is 0. The molecule has 1 saturated carbocycles. The topological polar surface area (TPSA) is 57.2 Å². The lowest BCUT2D eigenvalue weighted by Gasteiger charge is -2.19. The number of rotatable bonds is 6. The SMILES string of the molecule is COc1cc(C(=O)N2C[C@H](OC)[C@H](OC)C2)ccc1OC1CCCC1. The van der Waals surface area contributed by atoms with Gasteiger partial charge in [0.2, 0.25) is 0 Å². The fourth-order valence-corrected chi connectivity index (χ4v) is 3.63. The molecule has 0 spiro atoms. The molecule has 3 rings (SSSR count). The van der Waals surface area contributed by atoms with Crippen LogP contribution in [0, 0.1) is 0 Å². The predicted molar refractivity (Wildman–Crippen MR) is 93.4 cm³/mol. The van der Waals surface area contributed by atoms with E-state index in [-0.39, 0.29) is 24.2 Å². The van der Waals surface area contributed by atoms with E-state index in [1.165, 1.54) is 12.8 Å². The Kier molecular flexibility index (Phi) is 5.81. The molecule has 6 heteroatoms. The van der Waals surface area contributed by atoms with Gasteiger partial charge in [0, 0.05) is 32.9 Å². The Labute approximate surface area is 149 Å². The van der Waals surface area contributed by atoms with Crippen molar-refractivity contribution in [2.45, 2.75) is 44.0 Å². The lowest BCUT2D eigenvalue weighted by Crippen LogP contribution is -2.30. The van der Waals surface area contributed by atoms with Crippen LogP contribution in [0.5, 0.6) is 11.5 Å². The van der Waals surface area contributed by atoms with E-state index in [0.717, 1.165) is 12.8 Å². The molecule has 0 radical (unpaired) electrons. The van der Waals surface area contributed by atoms with Crippen LogP contribution in [0.4, 0.5) is 0 Å². The number of carbonyl (C=O) groups excluding carboxylic acids is 1. The standard InChI is InChI=1S/C19H27NO5/c1-22-16-10-13(8-9-15(16)25-14-6-4-5-7-14)19(21)20-11-17(23-2)18(12-20)24-3/h8-10,14,17-18H,4-7,11-12H2,1-3H3/t17-,18+. The lowest BCUT2D eigenvalue weighted by molar-refractivity contribution is -0.00461. The zero-order valence-electron chi connectivity index (χ0n) is 15.2.